The van der Waals surface area contributed by atoms with Gasteiger partial charge in [-0.15, -0.1) is 0 Å². The Bertz CT molecular complexity index is 1130. The molecule has 3 aliphatic rings. The molecule has 1 saturated heterocycles. The third-order valence-corrected chi connectivity index (χ3v) is 7.78. The number of ether oxygens (including phenoxy) is 2. The second-order valence-electron chi connectivity index (χ2n) is 11.8. The van der Waals surface area contributed by atoms with Gasteiger partial charge in [-0.05, 0) is 97.1 Å². The molecule has 8 nitrogen and oxygen atoms in total. The summed E-state index contributed by atoms with van der Waals surface area (Å²) in [4.78, 5) is 28.7. The highest BCUT2D eigenvalue weighted by Crippen LogP contribution is 2.36. The number of carbonyl (C=O) groups excluding carboxylic acids is 2. The summed E-state index contributed by atoms with van der Waals surface area (Å²) in [6, 6.07) is 2.51. The molecule has 1 aliphatic heterocycles. The van der Waals surface area contributed by atoms with Crippen LogP contribution < -0.4 is 0 Å². The molecule has 1 amide bonds. The minimum absolute atomic E-state index is 0.118. The molecule has 8 heteroatoms. The predicted octanol–water partition coefficient (Wildman–Crippen LogP) is 4.67. The third kappa shape index (κ3) is 5.24. The summed E-state index contributed by atoms with van der Waals surface area (Å²) < 4.78 is 14.7. The summed E-state index contributed by atoms with van der Waals surface area (Å²) in [7, 11) is 0. The highest BCUT2D eigenvalue weighted by molar-refractivity contribution is 5.96. The van der Waals surface area contributed by atoms with Crippen LogP contribution in [0.3, 0.4) is 0 Å². The SMILES string of the molecule is Cc1cc(C(=O)N(C2CC2)C2CCc3nn(C(=O)OC(C)(C)C)cc3C2)c(C)n1CC1CCOCC1. The van der Waals surface area contributed by atoms with Crippen LogP contribution >= 0.6 is 0 Å². The van der Waals surface area contributed by atoms with Crippen LogP contribution in [0, 0.1) is 19.8 Å². The molecular formula is C28H40N4O4. The van der Waals surface area contributed by atoms with E-state index in [0.717, 1.165) is 92.9 Å². The van der Waals surface area contributed by atoms with Gasteiger partial charge in [-0.3, -0.25) is 4.79 Å². The summed E-state index contributed by atoms with van der Waals surface area (Å²) in [5.74, 6) is 0.751. The number of hydrogen-bond donors (Lipinski definition) is 0. The van der Waals surface area contributed by atoms with Crippen molar-refractivity contribution in [2.24, 2.45) is 5.92 Å². The van der Waals surface area contributed by atoms with E-state index in [1.807, 2.05) is 20.8 Å². The molecule has 2 aliphatic carbocycles. The van der Waals surface area contributed by atoms with Gasteiger partial charge in [0, 0.05) is 49.4 Å². The second-order valence-corrected chi connectivity index (χ2v) is 11.8. The van der Waals surface area contributed by atoms with Crippen LogP contribution in [-0.2, 0) is 28.9 Å². The van der Waals surface area contributed by atoms with Crippen molar-refractivity contribution in [1.29, 1.82) is 0 Å². The van der Waals surface area contributed by atoms with E-state index in [2.05, 4.69) is 34.5 Å². The van der Waals surface area contributed by atoms with E-state index in [1.165, 1.54) is 4.68 Å². The van der Waals surface area contributed by atoms with Crippen molar-refractivity contribution in [3.63, 3.8) is 0 Å². The van der Waals surface area contributed by atoms with E-state index in [4.69, 9.17) is 9.47 Å². The standard InChI is InChI=1S/C28H40N4O4/c1-18-14-24(19(2)30(18)16-20-10-12-35-13-11-20)26(33)32(22-6-7-22)23-8-9-25-21(15-23)17-31(29-25)27(34)36-28(3,4)5/h14,17,20,22-23H,6-13,15-16H2,1-5H3. The molecule has 0 aromatic carbocycles. The van der Waals surface area contributed by atoms with E-state index in [0.29, 0.717) is 12.0 Å². The molecular weight excluding hydrogens is 456 g/mol. The van der Waals surface area contributed by atoms with E-state index in [-0.39, 0.29) is 11.9 Å². The molecule has 0 N–H and O–H groups in total. The second kappa shape index (κ2) is 9.69. The Morgan fingerprint density at radius 2 is 1.83 bits per heavy atom. The van der Waals surface area contributed by atoms with Crippen molar-refractivity contribution in [1.82, 2.24) is 19.2 Å². The zero-order valence-corrected chi connectivity index (χ0v) is 22.4. The van der Waals surface area contributed by atoms with Crippen molar-refractivity contribution < 1.29 is 19.1 Å². The number of carbonyl (C=O) groups is 2. The van der Waals surface area contributed by atoms with Gasteiger partial charge in [0.2, 0.25) is 0 Å². The molecule has 0 radical (unpaired) electrons. The fourth-order valence-electron chi connectivity index (χ4n) is 5.73. The van der Waals surface area contributed by atoms with Crippen molar-refractivity contribution in [2.75, 3.05) is 13.2 Å². The van der Waals surface area contributed by atoms with E-state index in [9.17, 15) is 9.59 Å². The summed E-state index contributed by atoms with van der Waals surface area (Å²) >= 11 is 0. The van der Waals surface area contributed by atoms with E-state index >= 15 is 0 Å². The summed E-state index contributed by atoms with van der Waals surface area (Å²) in [5.41, 5.74) is 4.47. The summed E-state index contributed by atoms with van der Waals surface area (Å²) in [6.45, 7) is 12.4. The highest BCUT2D eigenvalue weighted by atomic mass is 16.6. The predicted molar refractivity (Wildman–Crippen MR) is 136 cm³/mol. The Hall–Kier alpha value is -2.61. The quantitative estimate of drug-likeness (QED) is 0.601. The van der Waals surface area contributed by atoms with Crippen molar-refractivity contribution in [3.8, 4) is 0 Å². The molecule has 5 rings (SSSR count). The molecule has 36 heavy (non-hydrogen) atoms. The smallest absolute Gasteiger partial charge is 0.435 e. The molecule has 2 aromatic rings. The van der Waals surface area contributed by atoms with Gasteiger partial charge < -0.3 is 18.9 Å². The number of aromatic nitrogens is 3. The number of amides is 1. The number of nitrogens with zero attached hydrogens (tertiary/aromatic N) is 4. The maximum Gasteiger partial charge on any atom is 0.435 e. The lowest BCUT2D eigenvalue weighted by Crippen LogP contribution is -2.45. The number of rotatable bonds is 5. The lowest BCUT2D eigenvalue weighted by atomic mass is 9.91. The molecule has 196 valence electrons. The number of fused-ring (bicyclic) bond motifs is 1. The Labute approximate surface area is 213 Å². The first-order valence-corrected chi connectivity index (χ1v) is 13.5. The van der Waals surface area contributed by atoms with Gasteiger partial charge >= 0.3 is 6.09 Å². The molecule has 1 unspecified atom stereocenters. The zero-order chi connectivity index (χ0) is 25.6. The Morgan fingerprint density at radius 3 is 2.50 bits per heavy atom. The van der Waals surface area contributed by atoms with Crippen LogP contribution in [0.5, 0.6) is 0 Å². The minimum Gasteiger partial charge on any atom is -0.442 e. The summed E-state index contributed by atoms with van der Waals surface area (Å²) in [5, 5.41) is 4.50. The number of aryl methyl sites for hydroxylation is 2. The van der Waals surface area contributed by atoms with Gasteiger partial charge in [-0.2, -0.15) is 9.78 Å². The van der Waals surface area contributed by atoms with Gasteiger partial charge in [0.25, 0.3) is 5.91 Å². The van der Waals surface area contributed by atoms with Crippen molar-refractivity contribution >= 4 is 12.0 Å². The molecule has 1 saturated carbocycles. The fourth-order valence-corrected chi connectivity index (χ4v) is 5.73. The molecule has 0 bridgehead atoms. The van der Waals surface area contributed by atoms with Gasteiger partial charge in [0.1, 0.15) is 5.60 Å². The van der Waals surface area contributed by atoms with Crippen molar-refractivity contribution in [2.45, 2.75) is 104 Å². The van der Waals surface area contributed by atoms with Crippen LogP contribution in [0.15, 0.2) is 12.3 Å². The number of hydrogen-bond acceptors (Lipinski definition) is 5. The molecule has 2 aromatic heterocycles. The van der Waals surface area contributed by atoms with Crippen LogP contribution in [0.25, 0.3) is 0 Å². The molecule has 3 heterocycles. The molecule has 2 fully saturated rings. The van der Waals surface area contributed by atoms with Crippen LogP contribution in [0.4, 0.5) is 4.79 Å². The lowest BCUT2D eigenvalue weighted by Gasteiger charge is -2.34. The molecule has 0 spiro atoms. The monoisotopic (exact) mass is 496 g/mol. The van der Waals surface area contributed by atoms with Gasteiger partial charge in [0.05, 0.1) is 11.3 Å². The van der Waals surface area contributed by atoms with E-state index < -0.39 is 11.7 Å². The van der Waals surface area contributed by atoms with Crippen LogP contribution in [-0.4, -0.2) is 62.1 Å². The Kier molecular flexibility index (Phi) is 6.74. The zero-order valence-electron chi connectivity index (χ0n) is 22.4. The maximum atomic E-state index is 14.0. The minimum atomic E-state index is -0.571. The van der Waals surface area contributed by atoms with Crippen LogP contribution in [0.1, 0.15) is 85.9 Å². The first-order valence-electron chi connectivity index (χ1n) is 13.5. The normalized spacial score (nSPS) is 20.8. The van der Waals surface area contributed by atoms with E-state index in [1.54, 1.807) is 6.20 Å². The Morgan fingerprint density at radius 1 is 1.11 bits per heavy atom. The van der Waals surface area contributed by atoms with Gasteiger partial charge in [-0.25, -0.2) is 4.79 Å². The van der Waals surface area contributed by atoms with Crippen LogP contribution in [0.2, 0.25) is 0 Å². The molecule has 1 atom stereocenters. The average molecular weight is 497 g/mol. The Balaban J connectivity index is 1.33. The largest absolute Gasteiger partial charge is 0.442 e. The van der Waals surface area contributed by atoms with Gasteiger partial charge in [0.15, 0.2) is 0 Å². The van der Waals surface area contributed by atoms with Gasteiger partial charge in [-0.1, -0.05) is 0 Å². The average Bonchev–Trinajstić information content (AvgIpc) is 3.49. The topological polar surface area (TPSA) is 78.6 Å². The highest BCUT2D eigenvalue weighted by Gasteiger charge is 2.40. The first kappa shape index (κ1) is 25.1. The summed E-state index contributed by atoms with van der Waals surface area (Å²) in [6.07, 6.45) is 7.97. The third-order valence-electron chi connectivity index (χ3n) is 7.78. The maximum absolute atomic E-state index is 14.0. The fraction of sp³-hybridized carbons (Fsp3) is 0.679. The van der Waals surface area contributed by atoms with Crippen molar-refractivity contribution in [3.05, 3.63) is 40.5 Å². The first-order chi connectivity index (χ1) is 17.1. The lowest BCUT2D eigenvalue weighted by molar-refractivity contribution is 0.0513.